The lowest BCUT2D eigenvalue weighted by atomic mass is 10.0. The summed E-state index contributed by atoms with van der Waals surface area (Å²) in [7, 11) is 1.42. The number of aromatic nitrogens is 2. The molecule has 0 fully saturated rings. The van der Waals surface area contributed by atoms with Crippen molar-refractivity contribution in [3.05, 3.63) is 46.5 Å². The number of nitrogens with two attached hydrogens (primary N) is 1. The van der Waals surface area contributed by atoms with Gasteiger partial charge in [-0.15, -0.1) is 0 Å². The number of methoxy groups -OCH3 is 1. The Kier molecular flexibility index (Phi) is 4.82. The summed E-state index contributed by atoms with van der Waals surface area (Å²) in [5.41, 5.74) is 4.00. The lowest BCUT2D eigenvalue weighted by Crippen LogP contribution is -2.31. The normalized spacial score (nSPS) is 12.7. The van der Waals surface area contributed by atoms with Crippen LogP contribution < -0.4 is 16.0 Å². The number of ether oxygens (including phenoxy) is 1. The molecule has 3 N–H and O–H groups in total. The second-order valence-corrected chi connectivity index (χ2v) is 5.32. The highest BCUT2D eigenvalue weighted by Crippen LogP contribution is 2.31. The first-order valence-electron chi connectivity index (χ1n) is 6.52. The molecule has 0 amide bonds. The molecule has 0 aliphatic rings. The van der Waals surface area contributed by atoms with Gasteiger partial charge in [0.05, 0.1) is 30.1 Å². The van der Waals surface area contributed by atoms with E-state index in [1.807, 2.05) is 13.8 Å². The Hall–Kier alpha value is -1.63. The van der Waals surface area contributed by atoms with E-state index in [1.165, 1.54) is 13.2 Å². The van der Waals surface area contributed by atoms with Crippen LogP contribution in [0.15, 0.2) is 24.4 Å². The summed E-state index contributed by atoms with van der Waals surface area (Å²) >= 11 is 6.21. The Bertz CT molecular complexity index is 629. The Labute approximate surface area is 127 Å². The number of nitrogens with one attached hydrogen (secondary N) is 1. The van der Waals surface area contributed by atoms with E-state index in [0.29, 0.717) is 16.3 Å². The zero-order chi connectivity index (χ0) is 15.6. The van der Waals surface area contributed by atoms with E-state index in [0.717, 1.165) is 0 Å². The molecule has 0 aliphatic heterocycles. The minimum atomic E-state index is -0.470. The van der Waals surface area contributed by atoms with Gasteiger partial charge in [-0.25, -0.2) is 9.82 Å². The smallest absolute Gasteiger partial charge is 0.165 e. The SMILES string of the molecule is COc1ccc(C(NN)c2c(Cl)cnn2C(C)C)cc1F. The van der Waals surface area contributed by atoms with Gasteiger partial charge in [-0.1, -0.05) is 17.7 Å². The lowest BCUT2D eigenvalue weighted by Gasteiger charge is -2.21. The predicted octanol–water partition coefficient (Wildman–Crippen LogP) is 2.82. The van der Waals surface area contributed by atoms with Gasteiger partial charge in [-0.2, -0.15) is 5.10 Å². The van der Waals surface area contributed by atoms with Gasteiger partial charge in [0.15, 0.2) is 11.6 Å². The van der Waals surface area contributed by atoms with Gasteiger partial charge in [-0.3, -0.25) is 10.5 Å². The third-order valence-electron chi connectivity index (χ3n) is 3.23. The average Bonchev–Trinajstić information content (AvgIpc) is 2.82. The molecule has 1 aromatic heterocycles. The molecule has 21 heavy (non-hydrogen) atoms. The predicted molar refractivity (Wildman–Crippen MR) is 79.7 cm³/mol. The Morgan fingerprint density at radius 2 is 2.14 bits per heavy atom. The van der Waals surface area contributed by atoms with Crippen LogP contribution in [0.2, 0.25) is 5.02 Å². The summed E-state index contributed by atoms with van der Waals surface area (Å²) in [5, 5.41) is 4.71. The van der Waals surface area contributed by atoms with Crippen molar-refractivity contribution in [1.29, 1.82) is 0 Å². The minimum absolute atomic E-state index is 0.103. The molecule has 1 atom stereocenters. The third-order valence-corrected chi connectivity index (χ3v) is 3.52. The second kappa shape index (κ2) is 6.43. The van der Waals surface area contributed by atoms with Gasteiger partial charge in [0.2, 0.25) is 0 Å². The summed E-state index contributed by atoms with van der Waals surface area (Å²) in [6.07, 6.45) is 1.56. The Balaban J connectivity index is 2.49. The lowest BCUT2D eigenvalue weighted by molar-refractivity contribution is 0.385. The molecule has 0 saturated heterocycles. The molecular formula is C14H18ClFN4O. The van der Waals surface area contributed by atoms with Gasteiger partial charge < -0.3 is 4.74 Å². The van der Waals surface area contributed by atoms with Gasteiger partial charge >= 0.3 is 0 Å². The standard InChI is InChI=1S/C14H18ClFN4O/c1-8(2)20-14(10(15)7-18-20)13(19-17)9-4-5-12(21-3)11(16)6-9/h4-8,13,19H,17H2,1-3H3. The summed E-state index contributed by atoms with van der Waals surface area (Å²) in [5.74, 6) is 5.37. The molecule has 7 heteroatoms. The average molecular weight is 313 g/mol. The van der Waals surface area contributed by atoms with Crippen molar-refractivity contribution in [2.24, 2.45) is 5.84 Å². The highest BCUT2D eigenvalue weighted by atomic mass is 35.5. The van der Waals surface area contributed by atoms with E-state index >= 15 is 0 Å². The van der Waals surface area contributed by atoms with Crippen LogP contribution in [0.25, 0.3) is 0 Å². The molecule has 1 unspecified atom stereocenters. The monoisotopic (exact) mass is 312 g/mol. The molecule has 0 spiro atoms. The van der Waals surface area contributed by atoms with Crippen molar-refractivity contribution in [2.45, 2.75) is 25.9 Å². The fourth-order valence-electron chi connectivity index (χ4n) is 2.23. The number of benzene rings is 1. The van der Waals surface area contributed by atoms with Crippen LogP contribution in [0.5, 0.6) is 5.75 Å². The Morgan fingerprint density at radius 1 is 1.43 bits per heavy atom. The number of nitrogens with zero attached hydrogens (tertiary/aromatic N) is 2. The van der Waals surface area contributed by atoms with Gasteiger partial charge in [0, 0.05) is 6.04 Å². The number of hydrogen-bond acceptors (Lipinski definition) is 4. The second-order valence-electron chi connectivity index (χ2n) is 4.91. The molecule has 1 aromatic carbocycles. The molecule has 114 valence electrons. The van der Waals surface area contributed by atoms with Crippen LogP contribution in [-0.2, 0) is 0 Å². The zero-order valence-corrected chi connectivity index (χ0v) is 12.9. The van der Waals surface area contributed by atoms with Crippen LogP contribution in [-0.4, -0.2) is 16.9 Å². The van der Waals surface area contributed by atoms with Crippen LogP contribution in [0.1, 0.15) is 37.2 Å². The summed E-state index contributed by atoms with van der Waals surface area (Å²) < 4.78 is 20.6. The van der Waals surface area contributed by atoms with Crippen molar-refractivity contribution >= 4 is 11.6 Å². The van der Waals surface area contributed by atoms with Gasteiger partial charge in [0.1, 0.15) is 0 Å². The first kappa shape index (κ1) is 15.8. The maximum Gasteiger partial charge on any atom is 0.165 e. The summed E-state index contributed by atoms with van der Waals surface area (Å²) in [4.78, 5) is 0. The molecule has 0 radical (unpaired) electrons. The van der Waals surface area contributed by atoms with Gasteiger partial charge in [0.25, 0.3) is 0 Å². The number of halogens is 2. The summed E-state index contributed by atoms with van der Waals surface area (Å²) in [6.45, 7) is 3.96. The number of hydrogen-bond donors (Lipinski definition) is 2. The largest absolute Gasteiger partial charge is 0.494 e. The molecule has 2 aromatic rings. The zero-order valence-electron chi connectivity index (χ0n) is 12.1. The third kappa shape index (κ3) is 3.02. The van der Waals surface area contributed by atoms with Crippen molar-refractivity contribution in [2.75, 3.05) is 7.11 Å². The van der Waals surface area contributed by atoms with Crippen LogP contribution in [0.4, 0.5) is 4.39 Å². The molecule has 5 nitrogen and oxygen atoms in total. The fraction of sp³-hybridized carbons (Fsp3) is 0.357. The van der Waals surface area contributed by atoms with E-state index in [9.17, 15) is 4.39 Å². The maximum absolute atomic E-state index is 13.9. The fourth-order valence-corrected chi connectivity index (χ4v) is 2.47. The topological polar surface area (TPSA) is 65.1 Å². The van der Waals surface area contributed by atoms with E-state index in [4.69, 9.17) is 22.2 Å². The van der Waals surface area contributed by atoms with E-state index in [2.05, 4.69) is 10.5 Å². The molecule has 2 rings (SSSR count). The Morgan fingerprint density at radius 3 is 2.67 bits per heavy atom. The van der Waals surface area contributed by atoms with Crippen LogP contribution >= 0.6 is 11.6 Å². The van der Waals surface area contributed by atoms with Crippen molar-refractivity contribution in [3.8, 4) is 5.75 Å². The van der Waals surface area contributed by atoms with E-state index in [-0.39, 0.29) is 11.8 Å². The van der Waals surface area contributed by atoms with E-state index in [1.54, 1.807) is 23.0 Å². The minimum Gasteiger partial charge on any atom is -0.494 e. The first-order valence-corrected chi connectivity index (χ1v) is 6.89. The van der Waals surface area contributed by atoms with E-state index < -0.39 is 11.9 Å². The molecule has 0 saturated carbocycles. The molecular weight excluding hydrogens is 295 g/mol. The number of hydrazine groups is 1. The highest BCUT2D eigenvalue weighted by Gasteiger charge is 2.23. The number of rotatable bonds is 5. The van der Waals surface area contributed by atoms with Crippen LogP contribution in [0, 0.1) is 5.82 Å². The van der Waals surface area contributed by atoms with Crippen LogP contribution in [0.3, 0.4) is 0 Å². The molecule has 0 aliphatic carbocycles. The molecule has 0 bridgehead atoms. The summed E-state index contributed by atoms with van der Waals surface area (Å²) in [6, 6.07) is 4.30. The quantitative estimate of drug-likeness (QED) is 0.658. The van der Waals surface area contributed by atoms with Crippen molar-refractivity contribution in [1.82, 2.24) is 15.2 Å². The first-order chi connectivity index (χ1) is 9.99. The molecule has 1 heterocycles. The van der Waals surface area contributed by atoms with Crippen molar-refractivity contribution < 1.29 is 9.13 Å². The van der Waals surface area contributed by atoms with Gasteiger partial charge in [-0.05, 0) is 31.5 Å². The van der Waals surface area contributed by atoms with Crippen molar-refractivity contribution in [3.63, 3.8) is 0 Å². The maximum atomic E-state index is 13.9. The highest BCUT2D eigenvalue weighted by molar-refractivity contribution is 6.31.